The van der Waals surface area contributed by atoms with Crippen LogP contribution in [-0.4, -0.2) is 56.6 Å². The average molecular weight is 570 g/mol. The molecule has 0 bridgehead atoms. The van der Waals surface area contributed by atoms with Crippen molar-refractivity contribution in [3.05, 3.63) is 41.0 Å². The monoisotopic (exact) mass is 569 g/mol. The van der Waals surface area contributed by atoms with Crippen molar-refractivity contribution in [2.45, 2.75) is 76.7 Å². The third-order valence-electron chi connectivity index (χ3n) is 6.91. The second kappa shape index (κ2) is 11.8. The quantitative estimate of drug-likeness (QED) is 0.405. The van der Waals surface area contributed by atoms with Gasteiger partial charge in [0.1, 0.15) is 0 Å². The van der Waals surface area contributed by atoms with Gasteiger partial charge >= 0.3 is 16.2 Å². The van der Waals surface area contributed by atoms with Crippen molar-refractivity contribution in [2.24, 2.45) is 11.1 Å². The van der Waals surface area contributed by atoms with Crippen molar-refractivity contribution in [3.8, 4) is 0 Å². The normalized spacial score (nSPS) is 20.4. The van der Waals surface area contributed by atoms with Crippen molar-refractivity contribution < 1.29 is 31.2 Å². The van der Waals surface area contributed by atoms with Crippen LogP contribution >= 0.6 is 0 Å². The first-order chi connectivity index (χ1) is 17.7. The number of sulfonamides is 1. The van der Waals surface area contributed by atoms with Gasteiger partial charge in [0.2, 0.25) is 5.91 Å². The molecule has 1 aliphatic heterocycles. The molecule has 3 rings (SSSR count). The van der Waals surface area contributed by atoms with E-state index in [2.05, 4.69) is 5.43 Å². The number of aryl methyl sites for hydroxylation is 1. The highest BCUT2D eigenvalue weighted by atomic mass is 32.2. The van der Waals surface area contributed by atoms with Gasteiger partial charge in [-0.05, 0) is 74.6 Å². The van der Waals surface area contributed by atoms with Crippen molar-refractivity contribution in [3.63, 3.8) is 0 Å². The molecular weight excluding hydrogens is 534 g/mol. The number of nitrogens with two attached hydrogens (primary N) is 1. The first-order valence-electron chi connectivity index (χ1n) is 12.5. The molecule has 0 aromatic heterocycles. The molecule has 2 aliphatic rings. The van der Waals surface area contributed by atoms with E-state index in [0.29, 0.717) is 60.0 Å². The standard InChI is InChI=1S/C24H35N5O7S2/c1-4-21-17(3)15-28(23(21)31)26-22(30)14-9-18-7-12-20(13-8-18)37(33,34)27-24(32)29(38(25,35)36)19-10-5-16(2)6-11-19/h7-8,12-13,16,19H,4-6,9-11,14-15H2,1-3H3,(H,26,30)(H,27,32)(H2,25,35,36). The zero-order valence-corrected chi connectivity index (χ0v) is 23.4. The molecule has 1 saturated carbocycles. The van der Waals surface area contributed by atoms with Gasteiger partial charge in [-0.2, -0.15) is 8.42 Å². The number of nitrogens with zero attached hydrogens (tertiary/aromatic N) is 2. The highest BCUT2D eigenvalue weighted by Gasteiger charge is 2.36. The van der Waals surface area contributed by atoms with Gasteiger partial charge in [0.25, 0.3) is 15.9 Å². The number of carbonyl (C=O) groups excluding carboxylic acids is 3. The molecule has 1 aromatic carbocycles. The van der Waals surface area contributed by atoms with Gasteiger partial charge in [-0.1, -0.05) is 26.0 Å². The van der Waals surface area contributed by atoms with Crippen LogP contribution in [0.5, 0.6) is 0 Å². The van der Waals surface area contributed by atoms with E-state index in [1.165, 1.54) is 29.3 Å². The zero-order valence-electron chi connectivity index (χ0n) is 21.8. The smallest absolute Gasteiger partial charge is 0.273 e. The van der Waals surface area contributed by atoms with Crippen molar-refractivity contribution in [2.75, 3.05) is 6.54 Å². The zero-order chi connectivity index (χ0) is 28.3. The first kappa shape index (κ1) is 29.6. The number of hydrazine groups is 1. The van der Waals surface area contributed by atoms with Gasteiger partial charge in [-0.15, -0.1) is 0 Å². The Morgan fingerprint density at radius 3 is 2.21 bits per heavy atom. The summed E-state index contributed by atoms with van der Waals surface area (Å²) in [7, 11) is -8.87. The summed E-state index contributed by atoms with van der Waals surface area (Å²) < 4.78 is 52.0. The van der Waals surface area contributed by atoms with Crippen LogP contribution in [0.25, 0.3) is 0 Å². The minimum atomic E-state index is -4.49. The summed E-state index contributed by atoms with van der Waals surface area (Å²) in [4.78, 5) is 37.1. The third-order valence-corrected chi connectivity index (χ3v) is 9.26. The lowest BCUT2D eigenvalue weighted by molar-refractivity contribution is -0.137. The van der Waals surface area contributed by atoms with Gasteiger partial charge < -0.3 is 0 Å². The van der Waals surface area contributed by atoms with E-state index in [-0.39, 0.29) is 29.6 Å². The number of amides is 4. The summed E-state index contributed by atoms with van der Waals surface area (Å²) in [5.41, 5.74) is 4.86. The molecule has 0 saturated heterocycles. The SMILES string of the molecule is CCC1=C(C)CN(NC(=O)CCc2ccc(S(=O)(=O)NC(=O)N(C3CCC(C)CC3)S(N)(=O)=O)cc2)C1=O. The summed E-state index contributed by atoms with van der Waals surface area (Å²) >= 11 is 0. The Morgan fingerprint density at radius 2 is 1.68 bits per heavy atom. The van der Waals surface area contributed by atoms with E-state index < -0.39 is 32.3 Å². The predicted octanol–water partition coefficient (Wildman–Crippen LogP) is 1.70. The molecule has 1 heterocycles. The Morgan fingerprint density at radius 1 is 1.08 bits per heavy atom. The van der Waals surface area contributed by atoms with Gasteiger partial charge in [0.05, 0.1) is 17.5 Å². The van der Waals surface area contributed by atoms with E-state index in [1.807, 2.05) is 25.5 Å². The van der Waals surface area contributed by atoms with Crippen LogP contribution in [0.1, 0.15) is 64.9 Å². The Bertz CT molecular complexity index is 1320. The maximum atomic E-state index is 12.8. The van der Waals surface area contributed by atoms with E-state index in [4.69, 9.17) is 5.14 Å². The van der Waals surface area contributed by atoms with E-state index >= 15 is 0 Å². The topological polar surface area (TPSA) is 176 Å². The molecule has 0 radical (unpaired) electrons. The molecule has 38 heavy (non-hydrogen) atoms. The second-order valence-electron chi connectivity index (χ2n) is 9.85. The minimum Gasteiger partial charge on any atom is -0.273 e. The van der Waals surface area contributed by atoms with Crippen LogP contribution in [0.3, 0.4) is 0 Å². The Kier molecular flexibility index (Phi) is 9.21. The maximum absolute atomic E-state index is 12.8. The molecule has 0 unspecified atom stereocenters. The fraction of sp³-hybridized carbons (Fsp3) is 0.542. The number of nitrogens with one attached hydrogen (secondary N) is 2. The number of urea groups is 1. The van der Waals surface area contributed by atoms with E-state index in [9.17, 15) is 31.2 Å². The Hall–Kier alpha value is -2.97. The number of hydrogen-bond donors (Lipinski definition) is 3. The number of hydrogen-bond acceptors (Lipinski definition) is 7. The van der Waals surface area contributed by atoms with Gasteiger partial charge in [-0.3, -0.25) is 15.0 Å². The molecule has 12 nitrogen and oxygen atoms in total. The summed E-state index contributed by atoms with van der Waals surface area (Å²) in [5, 5.41) is 6.53. The first-order valence-corrected chi connectivity index (χ1v) is 15.5. The highest BCUT2D eigenvalue weighted by Crippen LogP contribution is 2.28. The molecule has 0 spiro atoms. The summed E-state index contributed by atoms with van der Waals surface area (Å²) in [6, 6.07) is 3.48. The molecule has 1 fully saturated rings. The second-order valence-corrected chi connectivity index (χ2v) is 13.0. The van der Waals surface area contributed by atoms with Gasteiger partial charge in [0.15, 0.2) is 0 Å². The molecule has 0 atom stereocenters. The highest BCUT2D eigenvalue weighted by molar-refractivity contribution is 7.90. The molecule has 1 aliphatic carbocycles. The van der Waals surface area contributed by atoms with Crippen LogP contribution in [0, 0.1) is 5.92 Å². The Labute approximate surface area is 223 Å². The van der Waals surface area contributed by atoms with Crippen LogP contribution in [-0.2, 0) is 36.2 Å². The molecule has 210 valence electrons. The summed E-state index contributed by atoms with van der Waals surface area (Å²) in [6.07, 6.45) is 3.13. The molecule has 14 heteroatoms. The van der Waals surface area contributed by atoms with E-state index in [0.717, 1.165) is 5.57 Å². The lowest BCUT2D eigenvalue weighted by Crippen LogP contribution is -2.53. The Balaban J connectivity index is 1.59. The third kappa shape index (κ3) is 7.11. The lowest BCUT2D eigenvalue weighted by Gasteiger charge is -2.33. The van der Waals surface area contributed by atoms with Crippen LogP contribution in [0.15, 0.2) is 40.3 Å². The maximum Gasteiger partial charge on any atom is 0.346 e. The van der Waals surface area contributed by atoms with Gasteiger partial charge in [0, 0.05) is 12.0 Å². The molecule has 4 amide bonds. The molecule has 1 aromatic rings. The van der Waals surface area contributed by atoms with E-state index in [1.54, 1.807) is 0 Å². The van der Waals surface area contributed by atoms with Crippen LogP contribution < -0.4 is 15.3 Å². The van der Waals surface area contributed by atoms with Crippen molar-refractivity contribution >= 4 is 38.1 Å². The average Bonchev–Trinajstić information content (AvgIpc) is 3.10. The number of carbonyl (C=O) groups is 3. The number of rotatable bonds is 9. The number of benzene rings is 1. The summed E-state index contributed by atoms with van der Waals surface area (Å²) in [5.74, 6) is -0.190. The van der Waals surface area contributed by atoms with Crippen molar-refractivity contribution in [1.29, 1.82) is 0 Å². The minimum absolute atomic E-state index is 0.0659. The van der Waals surface area contributed by atoms with Gasteiger partial charge in [-0.25, -0.2) is 32.4 Å². The largest absolute Gasteiger partial charge is 0.346 e. The fourth-order valence-corrected chi connectivity index (χ4v) is 6.68. The van der Waals surface area contributed by atoms with Crippen LogP contribution in [0.4, 0.5) is 4.79 Å². The molecular formula is C24H35N5O7S2. The van der Waals surface area contributed by atoms with Crippen molar-refractivity contribution in [1.82, 2.24) is 19.5 Å². The van der Waals surface area contributed by atoms with Crippen LogP contribution in [0.2, 0.25) is 0 Å². The predicted molar refractivity (Wildman–Crippen MR) is 140 cm³/mol. The molecule has 4 N–H and O–H groups in total. The fourth-order valence-electron chi connectivity index (χ4n) is 4.78. The lowest BCUT2D eigenvalue weighted by atomic mass is 9.87. The summed E-state index contributed by atoms with van der Waals surface area (Å²) in [6.45, 7) is 6.09.